The lowest BCUT2D eigenvalue weighted by atomic mass is 9.92. The van der Waals surface area contributed by atoms with Crippen LogP contribution in [0.1, 0.15) is 26.4 Å². The number of carbonyl (C=O) groups excluding carboxylic acids is 3. The summed E-state index contributed by atoms with van der Waals surface area (Å²) in [6.07, 6.45) is 0. The third-order valence-electron chi connectivity index (χ3n) is 6.32. The van der Waals surface area contributed by atoms with Crippen molar-refractivity contribution in [3.05, 3.63) is 52.5 Å². The quantitative estimate of drug-likeness (QED) is 0.276. The van der Waals surface area contributed by atoms with Gasteiger partial charge in [-0.25, -0.2) is 4.98 Å². The fourth-order valence-electron chi connectivity index (χ4n) is 4.67. The van der Waals surface area contributed by atoms with Gasteiger partial charge in [0.25, 0.3) is 17.7 Å². The minimum Gasteiger partial charge on any atom is -0.480 e. The Kier molecular flexibility index (Phi) is 6.21. The lowest BCUT2D eigenvalue weighted by Crippen LogP contribution is -2.51. The lowest BCUT2D eigenvalue weighted by molar-refractivity contribution is -0.137. The third-order valence-corrected chi connectivity index (χ3v) is 6.99. The van der Waals surface area contributed by atoms with Gasteiger partial charge in [0.1, 0.15) is 19.3 Å². The van der Waals surface area contributed by atoms with Gasteiger partial charge in [-0.1, -0.05) is 17.3 Å². The Hall–Kier alpha value is -4.52. The van der Waals surface area contributed by atoms with Gasteiger partial charge in [0, 0.05) is 59.1 Å². The van der Waals surface area contributed by atoms with Crippen molar-refractivity contribution in [3.8, 4) is 0 Å². The van der Waals surface area contributed by atoms with Crippen LogP contribution in [0, 0.1) is 0 Å². The number of amides is 3. The van der Waals surface area contributed by atoms with Gasteiger partial charge in [0.15, 0.2) is 10.8 Å². The number of nitrogen functional groups attached to an aromatic ring is 1. The topological polar surface area (TPSA) is 159 Å². The van der Waals surface area contributed by atoms with E-state index in [9.17, 15) is 19.2 Å². The van der Waals surface area contributed by atoms with Gasteiger partial charge in [-0.05, 0) is 18.2 Å². The summed E-state index contributed by atoms with van der Waals surface area (Å²) < 4.78 is 0. The van der Waals surface area contributed by atoms with E-state index in [2.05, 4.69) is 15.0 Å². The molecule has 2 aliphatic heterocycles. The Balaban J connectivity index is 1.40. The number of carboxylic acids is 1. The van der Waals surface area contributed by atoms with E-state index in [1.54, 1.807) is 34.5 Å². The van der Waals surface area contributed by atoms with Gasteiger partial charge < -0.3 is 25.5 Å². The van der Waals surface area contributed by atoms with Crippen LogP contribution in [-0.4, -0.2) is 89.1 Å². The molecular formula is C24H22N6O6S. The summed E-state index contributed by atoms with van der Waals surface area (Å²) in [5, 5.41) is 16.2. The molecule has 190 valence electrons. The number of rotatable bonds is 6. The van der Waals surface area contributed by atoms with E-state index in [1.807, 2.05) is 6.07 Å². The van der Waals surface area contributed by atoms with Crippen molar-refractivity contribution >= 4 is 62.3 Å². The molecule has 0 aliphatic carbocycles. The number of aromatic nitrogens is 1. The van der Waals surface area contributed by atoms with Crippen molar-refractivity contribution < 1.29 is 29.1 Å². The Morgan fingerprint density at radius 2 is 1.81 bits per heavy atom. The van der Waals surface area contributed by atoms with Crippen molar-refractivity contribution in [1.29, 1.82) is 0 Å². The second kappa shape index (κ2) is 9.50. The number of aliphatic carboxylic acids is 1. The first kappa shape index (κ1) is 24.2. The molecule has 1 saturated heterocycles. The smallest absolute Gasteiger partial charge is 0.323 e. The molecule has 1 aromatic heterocycles. The van der Waals surface area contributed by atoms with E-state index in [1.165, 1.54) is 18.4 Å². The number of anilines is 2. The molecule has 2 aliphatic rings. The molecule has 0 spiro atoms. The summed E-state index contributed by atoms with van der Waals surface area (Å²) in [7, 11) is 1.36. The van der Waals surface area contributed by atoms with Gasteiger partial charge in [-0.2, -0.15) is 0 Å². The maximum Gasteiger partial charge on any atom is 0.323 e. The largest absolute Gasteiger partial charge is 0.480 e. The number of piperazine rings is 1. The highest BCUT2D eigenvalue weighted by atomic mass is 32.1. The molecule has 3 aromatic rings. The fraction of sp³-hybridized carbons (Fsp3) is 0.250. The molecular weight excluding hydrogens is 500 g/mol. The molecule has 0 unspecified atom stereocenters. The fourth-order valence-corrected chi connectivity index (χ4v) is 5.22. The average molecular weight is 523 g/mol. The van der Waals surface area contributed by atoms with Crippen molar-refractivity contribution in [2.75, 3.05) is 50.5 Å². The predicted molar refractivity (Wildman–Crippen MR) is 136 cm³/mol. The maximum atomic E-state index is 13.2. The molecule has 0 atom stereocenters. The number of carbonyl (C=O) groups is 4. The minimum absolute atomic E-state index is 0.0772. The maximum absolute atomic E-state index is 13.2. The number of oxime groups is 1. The highest BCUT2D eigenvalue weighted by molar-refractivity contribution is 7.13. The van der Waals surface area contributed by atoms with E-state index >= 15 is 0 Å². The Labute approximate surface area is 214 Å². The van der Waals surface area contributed by atoms with Crippen LogP contribution in [0.4, 0.5) is 10.8 Å². The SMILES string of the molecule is CO/N=C(\C(=O)N1CCN(c2ccc3c4c(cccc24)C(=O)N(CC(=O)O)C3=O)CC1)c1csc(N)n1. The summed E-state index contributed by atoms with van der Waals surface area (Å²) in [5.41, 5.74) is 7.53. The zero-order chi connectivity index (χ0) is 26.3. The first-order valence-electron chi connectivity index (χ1n) is 11.3. The zero-order valence-corrected chi connectivity index (χ0v) is 20.5. The molecule has 1 fully saturated rings. The van der Waals surface area contributed by atoms with Gasteiger partial charge in [-0.15, -0.1) is 11.3 Å². The van der Waals surface area contributed by atoms with Crippen molar-refractivity contribution in [2.24, 2.45) is 5.16 Å². The highest BCUT2D eigenvalue weighted by Gasteiger charge is 2.35. The first-order chi connectivity index (χ1) is 17.8. The number of nitrogens with two attached hydrogens (primary N) is 1. The van der Waals surface area contributed by atoms with Crippen LogP contribution >= 0.6 is 11.3 Å². The van der Waals surface area contributed by atoms with Gasteiger partial charge >= 0.3 is 5.97 Å². The molecule has 0 radical (unpaired) electrons. The Morgan fingerprint density at radius 1 is 1.11 bits per heavy atom. The molecule has 3 N–H and O–H groups in total. The molecule has 5 rings (SSSR count). The summed E-state index contributed by atoms with van der Waals surface area (Å²) in [5.74, 6) is -2.85. The number of imide groups is 1. The minimum atomic E-state index is -1.27. The van der Waals surface area contributed by atoms with Gasteiger partial charge in [0.2, 0.25) is 0 Å². The number of nitrogens with zero attached hydrogens (tertiary/aromatic N) is 5. The van der Waals surface area contributed by atoms with Crippen molar-refractivity contribution in [3.63, 3.8) is 0 Å². The molecule has 12 nitrogen and oxygen atoms in total. The van der Waals surface area contributed by atoms with Crippen LogP contribution in [0.15, 0.2) is 40.9 Å². The molecule has 0 bridgehead atoms. The normalized spacial score (nSPS) is 15.9. The number of hydrogen-bond donors (Lipinski definition) is 2. The number of benzene rings is 2. The zero-order valence-electron chi connectivity index (χ0n) is 19.7. The van der Waals surface area contributed by atoms with E-state index in [-0.39, 0.29) is 22.7 Å². The molecule has 3 heterocycles. The van der Waals surface area contributed by atoms with Gasteiger partial charge in [-0.3, -0.25) is 24.1 Å². The summed E-state index contributed by atoms with van der Waals surface area (Å²) in [6, 6.07) is 8.56. The summed E-state index contributed by atoms with van der Waals surface area (Å²) in [6.45, 7) is 1.09. The highest BCUT2D eigenvalue weighted by Crippen LogP contribution is 2.36. The Morgan fingerprint density at radius 3 is 2.43 bits per heavy atom. The van der Waals surface area contributed by atoms with E-state index < -0.39 is 24.3 Å². The molecule has 13 heteroatoms. The van der Waals surface area contributed by atoms with Crippen molar-refractivity contribution in [1.82, 2.24) is 14.8 Å². The Bertz CT molecular complexity index is 1450. The van der Waals surface area contributed by atoms with Crippen LogP contribution < -0.4 is 10.6 Å². The second-order valence-corrected chi connectivity index (χ2v) is 9.31. The average Bonchev–Trinajstić information content (AvgIpc) is 3.33. The van der Waals surface area contributed by atoms with Crippen molar-refractivity contribution in [2.45, 2.75) is 0 Å². The molecule has 3 amide bonds. The van der Waals surface area contributed by atoms with Crippen LogP contribution in [-0.2, 0) is 14.4 Å². The number of thiazole rings is 1. The lowest BCUT2D eigenvalue weighted by Gasteiger charge is -2.37. The van der Waals surface area contributed by atoms with Crippen LogP contribution in [0.5, 0.6) is 0 Å². The van der Waals surface area contributed by atoms with E-state index in [4.69, 9.17) is 15.7 Å². The summed E-state index contributed by atoms with van der Waals surface area (Å²) >= 11 is 1.20. The van der Waals surface area contributed by atoms with Crippen LogP contribution in [0.25, 0.3) is 10.8 Å². The molecule has 37 heavy (non-hydrogen) atoms. The van der Waals surface area contributed by atoms with Gasteiger partial charge in [0.05, 0.1) is 0 Å². The number of hydrogen-bond acceptors (Lipinski definition) is 10. The second-order valence-electron chi connectivity index (χ2n) is 8.42. The van der Waals surface area contributed by atoms with Crippen LogP contribution in [0.2, 0.25) is 0 Å². The molecule has 2 aromatic carbocycles. The summed E-state index contributed by atoms with van der Waals surface area (Å²) in [4.78, 5) is 63.8. The third kappa shape index (κ3) is 4.22. The van der Waals surface area contributed by atoms with Crippen LogP contribution in [0.3, 0.4) is 0 Å². The predicted octanol–water partition coefficient (Wildman–Crippen LogP) is 1.26. The number of carboxylic acid groups (broad SMARTS) is 1. The molecule has 0 saturated carbocycles. The first-order valence-corrected chi connectivity index (χ1v) is 12.2. The van der Waals surface area contributed by atoms with E-state index in [0.717, 1.165) is 10.6 Å². The standard InChI is InChI=1S/C24H22N6O6S/c1-36-27-20(16-12-37-24(25)26-16)23(35)29-9-7-28(8-10-29)17-6-5-15-19-13(17)3-2-4-14(19)21(33)30(22(15)34)11-18(31)32/h2-6,12H,7-11H2,1H3,(H2,25,26)(H,31,32)/b27-20-. The van der Waals surface area contributed by atoms with E-state index in [0.29, 0.717) is 47.8 Å². The monoisotopic (exact) mass is 522 g/mol.